The normalized spacial score (nSPS) is 8.55. The van der Waals surface area contributed by atoms with E-state index < -0.39 is 0 Å². The topological polar surface area (TPSA) is 38.9 Å². The van der Waals surface area contributed by atoms with Crippen LogP contribution in [0.5, 0.6) is 0 Å². The number of rotatable bonds is 1. The van der Waals surface area contributed by atoms with Crippen molar-refractivity contribution in [1.29, 1.82) is 0 Å². The van der Waals surface area contributed by atoms with Gasteiger partial charge in [-0.25, -0.2) is 4.98 Å². The molecule has 2 heteroatoms. The van der Waals surface area contributed by atoms with Crippen LogP contribution < -0.4 is 5.73 Å². The van der Waals surface area contributed by atoms with E-state index in [1.54, 1.807) is 13.1 Å². The van der Waals surface area contributed by atoms with E-state index in [4.69, 9.17) is 5.73 Å². The molecule has 0 fully saturated rings. The lowest BCUT2D eigenvalue weighted by Crippen LogP contribution is -1.96. The molecule has 56 valence electrons. The standard InChI is InChI=1S/C9H10N2/c1-2-3-9-6-8(7-10)4-5-11-9/h4-6H,7,10H2,1H3. The van der Waals surface area contributed by atoms with Crippen molar-refractivity contribution in [2.75, 3.05) is 0 Å². The van der Waals surface area contributed by atoms with Crippen LogP contribution >= 0.6 is 0 Å². The van der Waals surface area contributed by atoms with E-state index in [2.05, 4.69) is 16.8 Å². The van der Waals surface area contributed by atoms with Gasteiger partial charge in [-0.3, -0.25) is 0 Å². The van der Waals surface area contributed by atoms with E-state index in [-0.39, 0.29) is 0 Å². The summed E-state index contributed by atoms with van der Waals surface area (Å²) >= 11 is 0. The fourth-order valence-electron chi connectivity index (χ4n) is 0.798. The van der Waals surface area contributed by atoms with Crippen molar-refractivity contribution in [2.45, 2.75) is 13.5 Å². The monoisotopic (exact) mass is 146 g/mol. The van der Waals surface area contributed by atoms with Crippen LogP contribution in [0.15, 0.2) is 18.3 Å². The first kappa shape index (κ1) is 7.77. The van der Waals surface area contributed by atoms with Gasteiger partial charge in [0.2, 0.25) is 0 Å². The highest BCUT2D eigenvalue weighted by Crippen LogP contribution is 1.98. The Morgan fingerprint density at radius 1 is 1.64 bits per heavy atom. The van der Waals surface area contributed by atoms with Crippen molar-refractivity contribution in [3.63, 3.8) is 0 Å². The van der Waals surface area contributed by atoms with Gasteiger partial charge in [0.1, 0.15) is 5.69 Å². The summed E-state index contributed by atoms with van der Waals surface area (Å²) < 4.78 is 0. The number of nitrogens with zero attached hydrogens (tertiary/aromatic N) is 1. The second-order valence-corrected chi connectivity index (χ2v) is 2.13. The van der Waals surface area contributed by atoms with Crippen LogP contribution in [0, 0.1) is 11.8 Å². The molecule has 0 spiro atoms. The molecular weight excluding hydrogens is 136 g/mol. The molecule has 0 atom stereocenters. The zero-order valence-electron chi connectivity index (χ0n) is 6.46. The van der Waals surface area contributed by atoms with Gasteiger partial charge in [0.05, 0.1) is 0 Å². The quantitative estimate of drug-likeness (QED) is 0.598. The Labute approximate surface area is 66.4 Å². The number of hydrogen-bond donors (Lipinski definition) is 1. The zero-order valence-corrected chi connectivity index (χ0v) is 6.46. The van der Waals surface area contributed by atoms with E-state index in [9.17, 15) is 0 Å². The van der Waals surface area contributed by atoms with Crippen molar-refractivity contribution >= 4 is 0 Å². The molecule has 0 radical (unpaired) electrons. The lowest BCUT2D eigenvalue weighted by atomic mass is 10.2. The third-order valence-corrected chi connectivity index (χ3v) is 1.31. The predicted octanol–water partition coefficient (Wildman–Crippen LogP) is 0.912. The Morgan fingerprint density at radius 2 is 2.45 bits per heavy atom. The summed E-state index contributed by atoms with van der Waals surface area (Å²) in [5.74, 6) is 5.65. The van der Waals surface area contributed by atoms with E-state index in [0.29, 0.717) is 6.54 Å². The molecule has 1 aromatic rings. The van der Waals surface area contributed by atoms with E-state index >= 15 is 0 Å². The molecule has 2 nitrogen and oxygen atoms in total. The summed E-state index contributed by atoms with van der Waals surface area (Å²) in [7, 11) is 0. The van der Waals surface area contributed by atoms with Crippen molar-refractivity contribution in [3.05, 3.63) is 29.6 Å². The Kier molecular flexibility index (Phi) is 2.65. The Morgan fingerprint density at radius 3 is 3.09 bits per heavy atom. The van der Waals surface area contributed by atoms with Crippen LogP contribution in [0.2, 0.25) is 0 Å². The minimum absolute atomic E-state index is 0.543. The van der Waals surface area contributed by atoms with Gasteiger partial charge >= 0.3 is 0 Å². The molecule has 0 saturated carbocycles. The maximum atomic E-state index is 5.44. The minimum Gasteiger partial charge on any atom is -0.326 e. The molecule has 1 rings (SSSR count). The molecule has 1 heterocycles. The number of aromatic nitrogens is 1. The van der Waals surface area contributed by atoms with Crippen molar-refractivity contribution in [2.24, 2.45) is 5.73 Å². The maximum absolute atomic E-state index is 5.44. The van der Waals surface area contributed by atoms with Crippen LogP contribution in [-0.4, -0.2) is 4.98 Å². The smallest absolute Gasteiger partial charge is 0.113 e. The molecule has 0 bridgehead atoms. The van der Waals surface area contributed by atoms with Gasteiger partial charge in [-0.15, -0.1) is 0 Å². The highest BCUT2D eigenvalue weighted by Gasteiger charge is 1.90. The molecule has 0 saturated heterocycles. The molecule has 0 aliphatic heterocycles. The summed E-state index contributed by atoms with van der Waals surface area (Å²) in [6, 6.07) is 3.79. The van der Waals surface area contributed by atoms with E-state index in [1.165, 1.54) is 0 Å². The third-order valence-electron chi connectivity index (χ3n) is 1.31. The number of nitrogens with two attached hydrogens (primary N) is 1. The molecule has 0 aliphatic rings. The average molecular weight is 146 g/mol. The number of hydrogen-bond acceptors (Lipinski definition) is 2. The van der Waals surface area contributed by atoms with Crippen LogP contribution in [0.25, 0.3) is 0 Å². The van der Waals surface area contributed by atoms with Gasteiger partial charge in [0, 0.05) is 12.7 Å². The van der Waals surface area contributed by atoms with Gasteiger partial charge in [0.25, 0.3) is 0 Å². The van der Waals surface area contributed by atoms with Crippen molar-refractivity contribution < 1.29 is 0 Å². The molecule has 1 aromatic heterocycles. The lowest BCUT2D eigenvalue weighted by molar-refractivity contribution is 1.05. The highest BCUT2D eigenvalue weighted by atomic mass is 14.7. The zero-order chi connectivity index (χ0) is 8.10. The SMILES string of the molecule is CC#Cc1cc(CN)ccn1. The first-order valence-electron chi connectivity index (χ1n) is 3.44. The fraction of sp³-hybridized carbons (Fsp3) is 0.222. The van der Waals surface area contributed by atoms with Gasteiger partial charge in [-0.05, 0) is 30.5 Å². The molecule has 2 N–H and O–H groups in total. The molecule has 0 amide bonds. The third kappa shape index (κ3) is 2.06. The van der Waals surface area contributed by atoms with Crippen LogP contribution in [0.4, 0.5) is 0 Å². The molecule has 0 aliphatic carbocycles. The minimum atomic E-state index is 0.543. The summed E-state index contributed by atoms with van der Waals surface area (Å²) in [6.07, 6.45) is 1.72. The van der Waals surface area contributed by atoms with Gasteiger partial charge in [-0.2, -0.15) is 0 Å². The lowest BCUT2D eigenvalue weighted by Gasteiger charge is -1.94. The summed E-state index contributed by atoms with van der Waals surface area (Å²) in [5.41, 5.74) is 7.29. The summed E-state index contributed by atoms with van der Waals surface area (Å²) in [5, 5.41) is 0. The van der Waals surface area contributed by atoms with Gasteiger partial charge in [0.15, 0.2) is 0 Å². The van der Waals surface area contributed by atoms with Crippen molar-refractivity contribution in [3.8, 4) is 11.8 Å². The Hall–Kier alpha value is -1.33. The molecule has 0 unspecified atom stereocenters. The van der Waals surface area contributed by atoms with Crippen LogP contribution in [-0.2, 0) is 6.54 Å². The Bertz CT molecular complexity index is 294. The Balaban J connectivity index is 2.97. The van der Waals surface area contributed by atoms with Crippen LogP contribution in [0.1, 0.15) is 18.2 Å². The largest absolute Gasteiger partial charge is 0.326 e. The van der Waals surface area contributed by atoms with Crippen LogP contribution in [0.3, 0.4) is 0 Å². The first-order valence-corrected chi connectivity index (χ1v) is 3.44. The predicted molar refractivity (Wildman–Crippen MR) is 44.7 cm³/mol. The van der Waals surface area contributed by atoms with Gasteiger partial charge in [-0.1, -0.05) is 5.92 Å². The van der Waals surface area contributed by atoms with E-state index in [1.807, 2.05) is 12.1 Å². The van der Waals surface area contributed by atoms with E-state index in [0.717, 1.165) is 11.3 Å². The highest BCUT2D eigenvalue weighted by molar-refractivity contribution is 5.29. The molecule has 0 aromatic carbocycles. The molecule has 11 heavy (non-hydrogen) atoms. The number of pyridine rings is 1. The van der Waals surface area contributed by atoms with Gasteiger partial charge < -0.3 is 5.73 Å². The maximum Gasteiger partial charge on any atom is 0.113 e. The van der Waals surface area contributed by atoms with Crippen molar-refractivity contribution in [1.82, 2.24) is 4.98 Å². The summed E-state index contributed by atoms with van der Waals surface area (Å²) in [4.78, 5) is 4.05. The second kappa shape index (κ2) is 3.75. The summed E-state index contributed by atoms with van der Waals surface area (Å²) in [6.45, 7) is 2.33. The second-order valence-electron chi connectivity index (χ2n) is 2.13. The fourth-order valence-corrected chi connectivity index (χ4v) is 0.798. The first-order chi connectivity index (χ1) is 5.36. The average Bonchev–Trinajstić information content (AvgIpc) is 2.06. The molecular formula is C9H10N2.